The van der Waals surface area contributed by atoms with Gasteiger partial charge in [0.25, 0.3) is 0 Å². The standard InChI is InChI=1S/C19H29N3O2/c1-3-20-18(21-14-11-17(23)24-2)22-15-19(12-7-8-13-19)16-9-5-4-6-10-16/h4-6,9-10H,3,7-8,11-15H2,1-2H3,(H2,20,21,22). The van der Waals surface area contributed by atoms with Gasteiger partial charge >= 0.3 is 5.97 Å². The molecule has 1 aliphatic carbocycles. The number of rotatable bonds is 7. The van der Waals surface area contributed by atoms with E-state index in [0.717, 1.165) is 19.0 Å². The summed E-state index contributed by atoms with van der Waals surface area (Å²) < 4.78 is 4.67. The number of carbonyl (C=O) groups is 1. The van der Waals surface area contributed by atoms with E-state index in [4.69, 9.17) is 4.99 Å². The van der Waals surface area contributed by atoms with E-state index in [1.165, 1.54) is 38.4 Å². The van der Waals surface area contributed by atoms with Crippen LogP contribution in [0.25, 0.3) is 0 Å². The van der Waals surface area contributed by atoms with Crippen LogP contribution in [-0.4, -0.2) is 38.7 Å². The summed E-state index contributed by atoms with van der Waals surface area (Å²) in [7, 11) is 1.41. The molecule has 0 amide bonds. The zero-order valence-electron chi connectivity index (χ0n) is 14.8. The highest BCUT2D eigenvalue weighted by Gasteiger charge is 2.35. The van der Waals surface area contributed by atoms with Gasteiger partial charge in [-0.2, -0.15) is 0 Å². The average Bonchev–Trinajstić information content (AvgIpc) is 3.10. The van der Waals surface area contributed by atoms with Crippen molar-refractivity contribution in [2.24, 2.45) is 4.99 Å². The van der Waals surface area contributed by atoms with Crippen molar-refractivity contribution in [2.45, 2.75) is 44.4 Å². The molecule has 1 aromatic rings. The number of hydrogen-bond donors (Lipinski definition) is 2. The largest absolute Gasteiger partial charge is 0.469 e. The Morgan fingerprint density at radius 1 is 1.21 bits per heavy atom. The lowest BCUT2D eigenvalue weighted by atomic mass is 9.79. The monoisotopic (exact) mass is 331 g/mol. The second kappa shape index (κ2) is 9.30. The van der Waals surface area contributed by atoms with Crippen LogP contribution in [0.15, 0.2) is 35.3 Å². The van der Waals surface area contributed by atoms with Gasteiger partial charge in [0.15, 0.2) is 5.96 Å². The molecule has 1 saturated carbocycles. The van der Waals surface area contributed by atoms with Gasteiger partial charge in [0.1, 0.15) is 0 Å². The SMILES string of the molecule is CCNC(=NCC1(c2ccccc2)CCCC1)NCCC(=O)OC. The lowest BCUT2D eigenvalue weighted by Crippen LogP contribution is -2.39. The maximum atomic E-state index is 11.2. The molecule has 0 bridgehead atoms. The second-order valence-corrected chi connectivity index (χ2v) is 6.30. The van der Waals surface area contributed by atoms with E-state index in [1.54, 1.807) is 0 Å². The van der Waals surface area contributed by atoms with Gasteiger partial charge in [-0.05, 0) is 25.3 Å². The number of esters is 1. The van der Waals surface area contributed by atoms with Gasteiger partial charge in [-0.3, -0.25) is 9.79 Å². The smallest absolute Gasteiger partial charge is 0.307 e. The molecule has 1 fully saturated rings. The molecule has 2 N–H and O–H groups in total. The molecule has 132 valence electrons. The van der Waals surface area contributed by atoms with Crippen molar-refractivity contribution in [1.29, 1.82) is 0 Å². The van der Waals surface area contributed by atoms with Crippen molar-refractivity contribution in [3.8, 4) is 0 Å². The zero-order valence-corrected chi connectivity index (χ0v) is 14.8. The normalized spacial score (nSPS) is 16.7. The number of ether oxygens (including phenoxy) is 1. The highest BCUT2D eigenvalue weighted by molar-refractivity contribution is 5.80. The Morgan fingerprint density at radius 3 is 2.54 bits per heavy atom. The van der Waals surface area contributed by atoms with Crippen LogP contribution in [0, 0.1) is 0 Å². The number of carbonyl (C=O) groups excluding carboxylic acids is 1. The zero-order chi connectivity index (χ0) is 17.3. The second-order valence-electron chi connectivity index (χ2n) is 6.30. The molecule has 2 rings (SSSR count). The molecule has 0 saturated heterocycles. The first-order valence-corrected chi connectivity index (χ1v) is 8.85. The van der Waals surface area contributed by atoms with Crippen LogP contribution in [0.4, 0.5) is 0 Å². The minimum Gasteiger partial charge on any atom is -0.469 e. The van der Waals surface area contributed by atoms with Crippen LogP contribution in [0.5, 0.6) is 0 Å². The fourth-order valence-corrected chi connectivity index (χ4v) is 3.34. The van der Waals surface area contributed by atoms with Crippen molar-refractivity contribution < 1.29 is 9.53 Å². The summed E-state index contributed by atoms with van der Waals surface area (Å²) >= 11 is 0. The van der Waals surface area contributed by atoms with E-state index in [2.05, 4.69) is 45.7 Å². The van der Waals surface area contributed by atoms with E-state index in [9.17, 15) is 4.79 Å². The summed E-state index contributed by atoms with van der Waals surface area (Å²) in [6.07, 6.45) is 5.22. The van der Waals surface area contributed by atoms with Gasteiger partial charge < -0.3 is 15.4 Å². The summed E-state index contributed by atoms with van der Waals surface area (Å²) in [5, 5.41) is 6.47. The van der Waals surface area contributed by atoms with Gasteiger partial charge in [0.05, 0.1) is 20.1 Å². The number of methoxy groups -OCH3 is 1. The molecule has 0 heterocycles. The molecule has 0 unspecified atom stereocenters. The Hall–Kier alpha value is -2.04. The summed E-state index contributed by atoms with van der Waals surface area (Å²) in [5.41, 5.74) is 1.53. The van der Waals surface area contributed by atoms with Gasteiger partial charge in [-0.15, -0.1) is 0 Å². The maximum absolute atomic E-state index is 11.2. The topological polar surface area (TPSA) is 62.7 Å². The van der Waals surface area contributed by atoms with Crippen LogP contribution in [0.1, 0.15) is 44.6 Å². The summed E-state index contributed by atoms with van der Waals surface area (Å²) in [5.74, 6) is 0.554. The number of nitrogens with zero attached hydrogens (tertiary/aromatic N) is 1. The van der Waals surface area contributed by atoms with Crippen LogP contribution in [-0.2, 0) is 14.9 Å². The lowest BCUT2D eigenvalue weighted by Gasteiger charge is -2.28. The van der Waals surface area contributed by atoms with Crippen LogP contribution in [0.3, 0.4) is 0 Å². The summed E-state index contributed by atoms with van der Waals surface area (Å²) in [6, 6.07) is 10.7. The Bertz CT molecular complexity index is 537. The van der Waals surface area contributed by atoms with Crippen LogP contribution < -0.4 is 10.6 Å². The number of nitrogens with one attached hydrogen (secondary N) is 2. The Morgan fingerprint density at radius 2 is 1.92 bits per heavy atom. The number of hydrogen-bond acceptors (Lipinski definition) is 3. The lowest BCUT2D eigenvalue weighted by molar-refractivity contribution is -0.140. The fraction of sp³-hybridized carbons (Fsp3) is 0.579. The predicted molar refractivity (Wildman–Crippen MR) is 97.2 cm³/mol. The van der Waals surface area contributed by atoms with E-state index >= 15 is 0 Å². The first-order valence-electron chi connectivity index (χ1n) is 8.85. The molecule has 0 aromatic heterocycles. The quantitative estimate of drug-likeness (QED) is 0.458. The van der Waals surface area contributed by atoms with E-state index in [1.807, 2.05) is 6.92 Å². The molecule has 0 spiro atoms. The van der Waals surface area contributed by atoms with Gasteiger partial charge in [-0.25, -0.2) is 0 Å². The fourth-order valence-electron chi connectivity index (χ4n) is 3.34. The molecule has 0 atom stereocenters. The van der Waals surface area contributed by atoms with E-state index in [-0.39, 0.29) is 11.4 Å². The third kappa shape index (κ3) is 4.98. The molecule has 1 aliphatic rings. The first-order chi connectivity index (χ1) is 11.7. The van der Waals surface area contributed by atoms with Crippen molar-refractivity contribution in [1.82, 2.24) is 10.6 Å². The number of aliphatic imine (C=N–C) groups is 1. The summed E-state index contributed by atoms with van der Waals surface area (Å²) in [6.45, 7) is 4.13. The molecule has 5 nitrogen and oxygen atoms in total. The minimum atomic E-state index is -0.213. The summed E-state index contributed by atoms with van der Waals surface area (Å²) in [4.78, 5) is 16.0. The first kappa shape index (κ1) is 18.3. The maximum Gasteiger partial charge on any atom is 0.307 e. The van der Waals surface area contributed by atoms with Crippen molar-refractivity contribution in [2.75, 3.05) is 26.7 Å². The van der Waals surface area contributed by atoms with Gasteiger partial charge in [0.2, 0.25) is 0 Å². The molecule has 0 aliphatic heterocycles. The molecular weight excluding hydrogens is 302 g/mol. The Kier molecular flexibility index (Phi) is 7.09. The van der Waals surface area contributed by atoms with Crippen LogP contribution in [0.2, 0.25) is 0 Å². The van der Waals surface area contributed by atoms with E-state index < -0.39 is 0 Å². The third-order valence-corrected chi connectivity index (χ3v) is 4.68. The average molecular weight is 331 g/mol. The predicted octanol–water partition coefficient (Wildman–Crippen LogP) is 2.62. The molecule has 24 heavy (non-hydrogen) atoms. The number of benzene rings is 1. The van der Waals surface area contributed by atoms with E-state index in [0.29, 0.717) is 13.0 Å². The van der Waals surface area contributed by atoms with Crippen LogP contribution >= 0.6 is 0 Å². The Balaban J connectivity index is 2.03. The van der Waals surface area contributed by atoms with Gasteiger partial charge in [-0.1, -0.05) is 43.2 Å². The minimum absolute atomic E-state index is 0.145. The number of guanidine groups is 1. The molecular formula is C19H29N3O2. The van der Waals surface area contributed by atoms with Crippen molar-refractivity contribution >= 4 is 11.9 Å². The van der Waals surface area contributed by atoms with Crippen molar-refractivity contribution in [3.63, 3.8) is 0 Å². The molecule has 1 aromatic carbocycles. The molecule has 0 radical (unpaired) electrons. The molecule has 5 heteroatoms. The highest BCUT2D eigenvalue weighted by atomic mass is 16.5. The van der Waals surface area contributed by atoms with Crippen molar-refractivity contribution in [3.05, 3.63) is 35.9 Å². The highest BCUT2D eigenvalue weighted by Crippen LogP contribution is 2.41. The Labute approximate surface area is 144 Å². The third-order valence-electron chi connectivity index (χ3n) is 4.68. The van der Waals surface area contributed by atoms with Gasteiger partial charge in [0, 0.05) is 18.5 Å².